The molecule has 0 spiro atoms. The molecule has 0 saturated heterocycles. The lowest BCUT2D eigenvalue weighted by atomic mass is 9.96. The molecule has 1 aliphatic rings. The molecule has 0 unspecified atom stereocenters. The summed E-state index contributed by atoms with van der Waals surface area (Å²) >= 11 is 0. The summed E-state index contributed by atoms with van der Waals surface area (Å²) in [6.45, 7) is 2.11. The van der Waals surface area contributed by atoms with Gasteiger partial charge in [0, 0.05) is 17.6 Å². The van der Waals surface area contributed by atoms with Crippen molar-refractivity contribution in [1.29, 1.82) is 0 Å². The molecule has 0 radical (unpaired) electrons. The van der Waals surface area contributed by atoms with Crippen molar-refractivity contribution in [1.82, 2.24) is 9.97 Å². The number of nitrogens with one attached hydrogen (secondary N) is 2. The Hall–Kier alpha value is -3.09. The van der Waals surface area contributed by atoms with Crippen LogP contribution in [0.2, 0.25) is 0 Å². The standard InChI is InChI=1S/C25H27F3N4/c1-2-7-17-12-14-19(15-13-17)30-24-29-16-21(25(26,27)28)23(32-24)31-22-11-6-5-10-20(22)18-8-3-4-9-18/h5-6,10-16,18H,2-4,7-9H2,1H3,(H2,29,30,31,32). The largest absolute Gasteiger partial charge is 0.421 e. The molecule has 0 atom stereocenters. The zero-order chi connectivity index (χ0) is 22.6. The Bertz CT molecular complexity index is 1040. The van der Waals surface area contributed by atoms with Crippen LogP contribution in [0.25, 0.3) is 0 Å². The third-order valence-electron chi connectivity index (χ3n) is 5.85. The Morgan fingerprint density at radius 2 is 1.69 bits per heavy atom. The fraction of sp³-hybridized carbons (Fsp3) is 0.360. The molecule has 2 aromatic carbocycles. The van der Waals surface area contributed by atoms with E-state index in [0.29, 0.717) is 11.6 Å². The molecule has 1 saturated carbocycles. The minimum Gasteiger partial charge on any atom is -0.339 e. The summed E-state index contributed by atoms with van der Waals surface area (Å²) in [4.78, 5) is 8.12. The lowest BCUT2D eigenvalue weighted by molar-refractivity contribution is -0.137. The predicted octanol–water partition coefficient (Wildman–Crippen LogP) is 7.59. The first-order chi connectivity index (χ1) is 15.4. The monoisotopic (exact) mass is 440 g/mol. The second-order valence-electron chi connectivity index (χ2n) is 8.22. The number of benzene rings is 2. The Morgan fingerprint density at radius 1 is 0.969 bits per heavy atom. The highest BCUT2D eigenvalue weighted by Gasteiger charge is 2.35. The van der Waals surface area contributed by atoms with E-state index in [-0.39, 0.29) is 11.8 Å². The summed E-state index contributed by atoms with van der Waals surface area (Å²) in [6.07, 6.45) is 2.69. The van der Waals surface area contributed by atoms with Gasteiger partial charge in [-0.3, -0.25) is 0 Å². The second-order valence-corrected chi connectivity index (χ2v) is 8.22. The normalized spacial score (nSPS) is 14.5. The molecule has 7 heteroatoms. The van der Waals surface area contributed by atoms with Gasteiger partial charge in [0.15, 0.2) is 0 Å². The van der Waals surface area contributed by atoms with Crippen LogP contribution in [0, 0.1) is 0 Å². The first-order valence-electron chi connectivity index (χ1n) is 11.1. The summed E-state index contributed by atoms with van der Waals surface area (Å²) in [6, 6.07) is 15.3. The smallest absolute Gasteiger partial charge is 0.339 e. The fourth-order valence-corrected chi connectivity index (χ4v) is 4.25. The zero-order valence-electron chi connectivity index (χ0n) is 18.0. The number of hydrogen-bond acceptors (Lipinski definition) is 4. The van der Waals surface area contributed by atoms with Crippen molar-refractivity contribution in [3.63, 3.8) is 0 Å². The summed E-state index contributed by atoms with van der Waals surface area (Å²) in [5.74, 6) is 0.222. The van der Waals surface area contributed by atoms with Gasteiger partial charge in [-0.15, -0.1) is 0 Å². The van der Waals surface area contributed by atoms with Crippen molar-refractivity contribution in [2.75, 3.05) is 10.6 Å². The van der Waals surface area contributed by atoms with Crippen molar-refractivity contribution in [3.8, 4) is 0 Å². The van der Waals surface area contributed by atoms with Crippen molar-refractivity contribution in [2.45, 2.75) is 57.5 Å². The average Bonchev–Trinajstić information content (AvgIpc) is 3.30. The van der Waals surface area contributed by atoms with Crippen molar-refractivity contribution in [2.24, 2.45) is 0 Å². The summed E-state index contributed by atoms with van der Waals surface area (Å²) in [7, 11) is 0. The number of rotatable bonds is 7. The predicted molar refractivity (Wildman–Crippen MR) is 122 cm³/mol. The van der Waals surface area contributed by atoms with Gasteiger partial charge in [-0.25, -0.2) is 4.98 Å². The Kier molecular flexibility index (Phi) is 6.63. The van der Waals surface area contributed by atoms with Crippen molar-refractivity contribution in [3.05, 3.63) is 71.4 Å². The topological polar surface area (TPSA) is 49.8 Å². The first kappa shape index (κ1) is 22.1. The van der Waals surface area contributed by atoms with Gasteiger partial charge in [0.25, 0.3) is 0 Å². The molecular weight excluding hydrogens is 413 g/mol. The van der Waals surface area contributed by atoms with E-state index < -0.39 is 11.7 Å². The number of hydrogen-bond donors (Lipinski definition) is 2. The van der Waals surface area contributed by atoms with Gasteiger partial charge < -0.3 is 10.6 Å². The number of alkyl halides is 3. The molecule has 0 aliphatic heterocycles. The lowest BCUT2D eigenvalue weighted by Crippen LogP contribution is -2.13. The molecule has 0 amide bonds. The summed E-state index contributed by atoms with van der Waals surface area (Å²) < 4.78 is 41.1. The van der Waals surface area contributed by atoms with Crippen LogP contribution >= 0.6 is 0 Å². The van der Waals surface area contributed by atoms with Gasteiger partial charge in [-0.05, 0) is 54.5 Å². The minimum absolute atomic E-state index is 0.113. The quantitative estimate of drug-likeness (QED) is 0.397. The van der Waals surface area contributed by atoms with E-state index >= 15 is 0 Å². The number of para-hydroxylation sites is 1. The molecule has 32 heavy (non-hydrogen) atoms. The molecule has 2 N–H and O–H groups in total. The van der Waals surface area contributed by atoms with Crippen molar-refractivity contribution < 1.29 is 13.2 Å². The zero-order valence-corrected chi connectivity index (χ0v) is 18.0. The van der Waals surface area contributed by atoms with E-state index in [2.05, 4.69) is 27.5 Å². The van der Waals surface area contributed by atoms with Crippen LogP contribution in [0.5, 0.6) is 0 Å². The van der Waals surface area contributed by atoms with E-state index in [1.54, 1.807) is 0 Å². The molecular formula is C25H27F3N4. The Balaban J connectivity index is 1.63. The van der Waals surface area contributed by atoms with Crippen LogP contribution in [-0.4, -0.2) is 9.97 Å². The maximum atomic E-state index is 13.7. The van der Waals surface area contributed by atoms with Gasteiger partial charge >= 0.3 is 6.18 Å². The molecule has 4 nitrogen and oxygen atoms in total. The number of aromatic nitrogens is 2. The van der Waals surface area contributed by atoms with Crippen molar-refractivity contribution >= 4 is 23.1 Å². The van der Waals surface area contributed by atoms with Gasteiger partial charge in [-0.2, -0.15) is 18.2 Å². The highest BCUT2D eigenvalue weighted by atomic mass is 19.4. The average molecular weight is 441 g/mol. The van der Waals surface area contributed by atoms with E-state index in [9.17, 15) is 13.2 Å². The first-order valence-corrected chi connectivity index (χ1v) is 11.1. The highest BCUT2D eigenvalue weighted by Crippen LogP contribution is 2.40. The van der Waals surface area contributed by atoms with E-state index in [1.807, 2.05) is 48.5 Å². The van der Waals surface area contributed by atoms with E-state index in [1.165, 1.54) is 5.56 Å². The van der Waals surface area contributed by atoms with Gasteiger partial charge in [0.2, 0.25) is 5.95 Å². The Labute approximate surface area is 186 Å². The van der Waals surface area contributed by atoms with Crippen LogP contribution in [-0.2, 0) is 12.6 Å². The highest BCUT2D eigenvalue weighted by molar-refractivity contribution is 5.66. The van der Waals surface area contributed by atoms with Gasteiger partial charge in [-0.1, -0.05) is 56.5 Å². The molecule has 1 aromatic heterocycles. The van der Waals surface area contributed by atoms with Crippen LogP contribution in [0.4, 0.5) is 36.3 Å². The molecule has 0 bridgehead atoms. The third kappa shape index (κ3) is 5.21. The number of anilines is 4. The van der Waals surface area contributed by atoms with E-state index in [4.69, 9.17) is 0 Å². The molecule has 4 rings (SSSR count). The summed E-state index contributed by atoms with van der Waals surface area (Å²) in [5, 5.41) is 5.98. The third-order valence-corrected chi connectivity index (χ3v) is 5.85. The van der Waals surface area contributed by atoms with Crippen LogP contribution in [0.1, 0.15) is 61.6 Å². The maximum absolute atomic E-state index is 13.7. The Morgan fingerprint density at radius 3 is 2.38 bits per heavy atom. The second kappa shape index (κ2) is 9.59. The SMILES string of the molecule is CCCc1ccc(Nc2ncc(C(F)(F)F)c(Nc3ccccc3C3CCCC3)n2)cc1. The number of nitrogens with zero attached hydrogens (tertiary/aromatic N) is 2. The number of aryl methyl sites for hydroxylation is 1. The molecule has 1 heterocycles. The fourth-order valence-electron chi connectivity index (χ4n) is 4.25. The molecule has 3 aromatic rings. The van der Waals surface area contributed by atoms with Gasteiger partial charge in [0.1, 0.15) is 11.4 Å². The molecule has 1 fully saturated rings. The number of halogens is 3. The van der Waals surface area contributed by atoms with Crippen LogP contribution < -0.4 is 10.6 Å². The minimum atomic E-state index is -4.56. The molecule has 1 aliphatic carbocycles. The lowest BCUT2D eigenvalue weighted by Gasteiger charge is -2.19. The summed E-state index contributed by atoms with van der Waals surface area (Å²) in [5.41, 5.74) is 2.75. The molecule has 168 valence electrons. The van der Waals surface area contributed by atoms with E-state index in [0.717, 1.165) is 56.0 Å². The van der Waals surface area contributed by atoms with Crippen LogP contribution in [0.15, 0.2) is 54.7 Å². The van der Waals surface area contributed by atoms with Gasteiger partial charge in [0.05, 0.1) is 0 Å². The maximum Gasteiger partial charge on any atom is 0.421 e. The van der Waals surface area contributed by atoms with Crippen LogP contribution in [0.3, 0.4) is 0 Å².